The summed E-state index contributed by atoms with van der Waals surface area (Å²) < 4.78 is 0. The maximum atomic E-state index is 9.80. The second-order valence-corrected chi connectivity index (χ2v) is 3.58. The van der Waals surface area contributed by atoms with Crippen molar-refractivity contribution in [2.24, 2.45) is 5.92 Å². The highest BCUT2D eigenvalue weighted by Gasteiger charge is 2.43. The third-order valence-electron chi connectivity index (χ3n) is 2.91. The predicted octanol–water partition coefficient (Wildman–Crippen LogP) is 0.380. The molecule has 0 amide bonds. The SMILES string of the molecule is [C]#CC1(O)CC2CCN1CC2. The van der Waals surface area contributed by atoms with Gasteiger partial charge in [0.15, 0.2) is 5.72 Å². The Morgan fingerprint density at radius 3 is 2.36 bits per heavy atom. The van der Waals surface area contributed by atoms with Crippen LogP contribution in [0, 0.1) is 18.3 Å². The van der Waals surface area contributed by atoms with Crippen LogP contribution in [-0.4, -0.2) is 28.8 Å². The third-order valence-corrected chi connectivity index (χ3v) is 2.91. The van der Waals surface area contributed by atoms with E-state index in [1.54, 1.807) is 0 Å². The van der Waals surface area contributed by atoms with Crippen LogP contribution in [0.3, 0.4) is 0 Å². The fraction of sp³-hybridized carbons (Fsp3) is 0.778. The van der Waals surface area contributed by atoms with E-state index in [2.05, 4.69) is 5.92 Å². The van der Waals surface area contributed by atoms with Gasteiger partial charge in [-0.2, -0.15) is 0 Å². The van der Waals surface area contributed by atoms with Gasteiger partial charge in [0.1, 0.15) is 0 Å². The second-order valence-electron chi connectivity index (χ2n) is 3.58. The highest BCUT2D eigenvalue weighted by molar-refractivity contribution is 5.08. The maximum absolute atomic E-state index is 9.80. The molecule has 3 aliphatic rings. The van der Waals surface area contributed by atoms with Gasteiger partial charge in [-0.15, -0.1) is 0 Å². The van der Waals surface area contributed by atoms with Crippen molar-refractivity contribution in [1.82, 2.24) is 4.90 Å². The van der Waals surface area contributed by atoms with E-state index in [1.807, 2.05) is 4.90 Å². The van der Waals surface area contributed by atoms with E-state index in [0.29, 0.717) is 5.92 Å². The first-order valence-corrected chi connectivity index (χ1v) is 4.16. The number of hydrogen-bond acceptors (Lipinski definition) is 2. The Hall–Kier alpha value is -0.520. The number of piperidine rings is 3. The molecule has 0 spiro atoms. The molecule has 0 aromatic rings. The molecule has 0 aliphatic carbocycles. The van der Waals surface area contributed by atoms with E-state index in [1.165, 1.54) is 12.8 Å². The summed E-state index contributed by atoms with van der Waals surface area (Å²) in [5, 5.41) is 9.80. The molecule has 1 atom stereocenters. The van der Waals surface area contributed by atoms with E-state index in [-0.39, 0.29) is 0 Å². The van der Waals surface area contributed by atoms with Gasteiger partial charge in [0.2, 0.25) is 0 Å². The number of nitrogens with zero attached hydrogens (tertiary/aromatic N) is 1. The lowest BCUT2D eigenvalue weighted by atomic mass is 9.81. The Morgan fingerprint density at radius 2 is 2.09 bits per heavy atom. The van der Waals surface area contributed by atoms with Crippen molar-refractivity contribution in [3.05, 3.63) is 6.42 Å². The zero-order valence-electron chi connectivity index (χ0n) is 6.51. The van der Waals surface area contributed by atoms with Crippen LogP contribution >= 0.6 is 0 Å². The minimum Gasteiger partial charge on any atom is -0.365 e. The molecule has 11 heavy (non-hydrogen) atoms. The van der Waals surface area contributed by atoms with Crippen LogP contribution in [0.2, 0.25) is 0 Å². The highest BCUT2D eigenvalue weighted by Crippen LogP contribution is 2.36. The summed E-state index contributed by atoms with van der Waals surface area (Å²) in [6.07, 6.45) is 10.1. The Morgan fingerprint density at radius 1 is 1.45 bits per heavy atom. The molecule has 0 saturated carbocycles. The average molecular weight is 150 g/mol. The van der Waals surface area contributed by atoms with E-state index >= 15 is 0 Å². The van der Waals surface area contributed by atoms with Gasteiger partial charge in [0.25, 0.3) is 0 Å². The second kappa shape index (κ2) is 2.23. The molecule has 0 aromatic heterocycles. The van der Waals surface area contributed by atoms with E-state index < -0.39 is 5.72 Å². The molecule has 3 saturated heterocycles. The quantitative estimate of drug-likeness (QED) is 0.505. The smallest absolute Gasteiger partial charge is 0.183 e. The maximum Gasteiger partial charge on any atom is 0.183 e. The van der Waals surface area contributed by atoms with Crippen LogP contribution in [-0.2, 0) is 0 Å². The van der Waals surface area contributed by atoms with Crippen molar-refractivity contribution in [1.29, 1.82) is 0 Å². The lowest BCUT2D eigenvalue weighted by molar-refractivity contribution is -0.131. The van der Waals surface area contributed by atoms with Crippen molar-refractivity contribution in [2.45, 2.75) is 25.0 Å². The van der Waals surface area contributed by atoms with Crippen molar-refractivity contribution < 1.29 is 5.11 Å². The number of hydrogen-bond donors (Lipinski definition) is 1. The van der Waals surface area contributed by atoms with Crippen LogP contribution < -0.4 is 0 Å². The first-order valence-electron chi connectivity index (χ1n) is 4.16. The first-order chi connectivity index (χ1) is 5.24. The van der Waals surface area contributed by atoms with Crippen LogP contribution in [0.5, 0.6) is 0 Å². The first kappa shape index (κ1) is 7.15. The largest absolute Gasteiger partial charge is 0.365 e. The molecule has 1 radical (unpaired) electrons. The standard InChI is InChI=1S/C9H12NO/c1-2-9(11)7-8-3-5-10(9)6-4-8/h8,11H,3-7H2. The van der Waals surface area contributed by atoms with Gasteiger partial charge in [-0.25, -0.2) is 0 Å². The molecule has 59 valence electrons. The van der Waals surface area contributed by atoms with Gasteiger partial charge in [0, 0.05) is 19.5 Å². The van der Waals surface area contributed by atoms with E-state index in [4.69, 9.17) is 6.42 Å². The number of aliphatic hydroxyl groups is 1. The predicted molar refractivity (Wildman–Crippen MR) is 41.0 cm³/mol. The Kier molecular flexibility index (Phi) is 1.45. The molecule has 0 aromatic carbocycles. The van der Waals surface area contributed by atoms with Crippen molar-refractivity contribution in [3.8, 4) is 5.92 Å². The fourth-order valence-corrected chi connectivity index (χ4v) is 2.17. The highest BCUT2D eigenvalue weighted by atomic mass is 16.3. The summed E-state index contributed by atoms with van der Waals surface area (Å²) in [6, 6.07) is 0. The molecule has 2 heteroatoms. The minimum atomic E-state index is -1.01. The summed E-state index contributed by atoms with van der Waals surface area (Å²) in [4.78, 5) is 1.96. The average Bonchev–Trinajstić information content (AvgIpc) is 2.06. The molecule has 3 fully saturated rings. The molecule has 1 unspecified atom stereocenters. The summed E-state index contributed by atoms with van der Waals surface area (Å²) in [7, 11) is 0. The Labute approximate surface area is 67.2 Å². The number of fused-ring (bicyclic) bond motifs is 3. The lowest BCUT2D eigenvalue weighted by Crippen LogP contribution is -2.57. The molecular weight excluding hydrogens is 138 g/mol. The minimum absolute atomic E-state index is 0.628. The van der Waals surface area contributed by atoms with Gasteiger partial charge in [-0.3, -0.25) is 4.90 Å². The molecule has 1 N–H and O–H groups in total. The summed E-state index contributed by atoms with van der Waals surface area (Å²) >= 11 is 0. The van der Waals surface area contributed by atoms with Crippen molar-refractivity contribution in [3.63, 3.8) is 0 Å². The van der Waals surface area contributed by atoms with Crippen LogP contribution in [0.15, 0.2) is 0 Å². The molecule has 2 bridgehead atoms. The lowest BCUT2D eigenvalue weighted by Gasteiger charge is -2.48. The zero-order valence-corrected chi connectivity index (χ0v) is 6.51. The molecule has 3 rings (SSSR count). The van der Waals surface area contributed by atoms with Gasteiger partial charge < -0.3 is 5.11 Å². The summed E-state index contributed by atoms with van der Waals surface area (Å²) in [5.41, 5.74) is -1.01. The van der Waals surface area contributed by atoms with Gasteiger partial charge in [0.05, 0.1) is 0 Å². The topological polar surface area (TPSA) is 23.5 Å². The molecule has 3 heterocycles. The Bertz CT molecular complexity index is 200. The van der Waals surface area contributed by atoms with E-state index in [9.17, 15) is 5.11 Å². The summed E-state index contributed by atoms with van der Waals surface area (Å²) in [6.45, 7) is 1.88. The third kappa shape index (κ3) is 0.962. The number of rotatable bonds is 0. The van der Waals surface area contributed by atoms with Crippen molar-refractivity contribution >= 4 is 0 Å². The summed E-state index contributed by atoms with van der Waals surface area (Å²) in [5.74, 6) is 2.87. The van der Waals surface area contributed by atoms with Gasteiger partial charge in [-0.1, -0.05) is 0 Å². The molecular formula is C9H12NO. The van der Waals surface area contributed by atoms with Crippen molar-refractivity contribution in [2.75, 3.05) is 13.1 Å². The monoisotopic (exact) mass is 150 g/mol. The molecule has 3 aliphatic heterocycles. The van der Waals surface area contributed by atoms with Crippen LogP contribution in [0.25, 0.3) is 0 Å². The zero-order chi connectivity index (χ0) is 7.90. The normalized spacial score (nSPS) is 48.7. The van der Waals surface area contributed by atoms with Crippen LogP contribution in [0.1, 0.15) is 19.3 Å². The Balaban J connectivity index is 2.21. The van der Waals surface area contributed by atoms with Gasteiger partial charge >= 0.3 is 0 Å². The van der Waals surface area contributed by atoms with E-state index in [0.717, 1.165) is 19.5 Å². The fourth-order valence-electron chi connectivity index (χ4n) is 2.17. The van der Waals surface area contributed by atoms with Gasteiger partial charge in [-0.05, 0) is 31.1 Å². The van der Waals surface area contributed by atoms with Crippen LogP contribution in [0.4, 0.5) is 0 Å². The molecule has 2 nitrogen and oxygen atoms in total.